The van der Waals surface area contributed by atoms with Crippen LogP contribution in [0.1, 0.15) is 16.2 Å². The number of nitrogens with two attached hydrogens (primary N) is 1. The Morgan fingerprint density at radius 3 is 2.50 bits per heavy atom. The molecule has 3 aromatic rings. The molecule has 0 aliphatic carbocycles. The number of hydrogen-bond acceptors (Lipinski definition) is 6. The zero-order valence-corrected chi connectivity index (χ0v) is 16.4. The van der Waals surface area contributed by atoms with Crippen molar-refractivity contribution < 1.29 is 9.59 Å². The summed E-state index contributed by atoms with van der Waals surface area (Å²) in [5, 5.41) is 14.3. The molecule has 3 rings (SSSR count). The van der Waals surface area contributed by atoms with Crippen molar-refractivity contribution in [1.82, 2.24) is 14.9 Å². The molecule has 1 heterocycles. The van der Waals surface area contributed by atoms with Crippen LogP contribution in [-0.4, -0.2) is 32.4 Å². The van der Waals surface area contributed by atoms with Crippen LogP contribution in [-0.2, 0) is 4.79 Å². The van der Waals surface area contributed by atoms with E-state index in [1.807, 2.05) is 0 Å². The zero-order chi connectivity index (χ0) is 20.1. The van der Waals surface area contributed by atoms with Gasteiger partial charge in [0.25, 0.3) is 5.91 Å². The molecular formula is C18H17ClN6O2S. The monoisotopic (exact) mass is 416 g/mol. The molecule has 10 heteroatoms. The molecule has 0 radical (unpaired) electrons. The highest BCUT2D eigenvalue weighted by Gasteiger charge is 2.15. The molecule has 2 aromatic carbocycles. The van der Waals surface area contributed by atoms with Crippen molar-refractivity contribution in [3.63, 3.8) is 0 Å². The Morgan fingerprint density at radius 1 is 1.11 bits per heavy atom. The van der Waals surface area contributed by atoms with Gasteiger partial charge in [0.1, 0.15) is 5.82 Å². The maximum Gasteiger partial charge on any atom is 0.257 e. The molecule has 0 aliphatic rings. The molecule has 0 aliphatic heterocycles. The summed E-state index contributed by atoms with van der Waals surface area (Å²) in [4.78, 5) is 24.9. The summed E-state index contributed by atoms with van der Waals surface area (Å²) in [5.41, 5.74) is 1.35. The van der Waals surface area contributed by atoms with Gasteiger partial charge in [-0.25, -0.2) is 4.68 Å². The minimum Gasteiger partial charge on any atom is -0.336 e. The van der Waals surface area contributed by atoms with Gasteiger partial charge < -0.3 is 16.5 Å². The van der Waals surface area contributed by atoms with E-state index < -0.39 is 0 Å². The maximum absolute atomic E-state index is 12.6. The van der Waals surface area contributed by atoms with Crippen LogP contribution in [0.15, 0.2) is 53.7 Å². The molecule has 4 N–H and O–H groups in total. The Labute approximate surface area is 170 Å². The van der Waals surface area contributed by atoms with Crippen LogP contribution in [0.25, 0.3) is 0 Å². The predicted molar refractivity (Wildman–Crippen MR) is 110 cm³/mol. The normalized spacial score (nSPS) is 10.5. The van der Waals surface area contributed by atoms with Gasteiger partial charge in [-0.15, -0.1) is 10.2 Å². The number of nitrogens with one attached hydrogen (secondary N) is 2. The number of carbonyl (C=O) groups is 2. The summed E-state index contributed by atoms with van der Waals surface area (Å²) in [5.74, 6) is 5.75. The highest BCUT2D eigenvalue weighted by atomic mass is 35.5. The van der Waals surface area contributed by atoms with Gasteiger partial charge >= 0.3 is 0 Å². The molecule has 144 valence electrons. The van der Waals surface area contributed by atoms with E-state index in [0.29, 0.717) is 32.9 Å². The minimum absolute atomic E-state index is 0.0719. The molecule has 0 saturated carbocycles. The van der Waals surface area contributed by atoms with E-state index in [1.165, 1.54) is 4.68 Å². The van der Waals surface area contributed by atoms with Crippen molar-refractivity contribution in [3.8, 4) is 0 Å². The Balaban J connectivity index is 1.65. The number of carbonyl (C=O) groups excluding carboxylic acids is 2. The average Bonchev–Trinajstić information content (AvgIpc) is 3.00. The molecule has 2 amide bonds. The van der Waals surface area contributed by atoms with Gasteiger partial charge in [-0.05, 0) is 43.3 Å². The summed E-state index contributed by atoms with van der Waals surface area (Å²) >= 11 is 7.01. The highest BCUT2D eigenvalue weighted by molar-refractivity contribution is 7.99. The first-order valence-corrected chi connectivity index (χ1v) is 9.56. The first kappa shape index (κ1) is 19.7. The Morgan fingerprint density at radius 2 is 1.82 bits per heavy atom. The lowest BCUT2D eigenvalue weighted by Gasteiger charge is -2.11. The van der Waals surface area contributed by atoms with Gasteiger partial charge in [0.2, 0.25) is 11.1 Å². The fourth-order valence-corrected chi connectivity index (χ4v) is 3.11. The number of aromatic nitrogens is 3. The van der Waals surface area contributed by atoms with E-state index in [9.17, 15) is 9.59 Å². The molecule has 0 atom stereocenters. The fourth-order valence-electron chi connectivity index (χ4n) is 2.29. The van der Waals surface area contributed by atoms with E-state index in [4.69, 9.17) is 17.4 Å². The van der Waals surface area contributed by atoms with E-state index in [0.717, 1.165) is 11.8 Å². The number of thioether (sulfide) groups is 1. The molecule has 28 heavy (non-hydrogen) atoms. The second kappa shape index (κ2) is 8.77. The minimum atomic E-state index is -0.344. The Kier molecular flexibility index (Phi) is 6.17. The molecule has 0 spiro atoms. The number of anilines is 2. The first-order chi connectivity index (χ1) is 13.4. The molecule has 0 unspecified atom stereocenters. The fraction of sp³-hybridized carbons (Fsp3) is 0.111. The van der Waals surface area contributed by atoms with Crippen molar-refractivity contribution in [3.05, 3.63) is 64.9 Å². The third-order valence-electron chi connectivity index (χ3n) is 3.72. The van der Waals surface area contributed by atoms with Gasteiger partial charge in [-0.2, -0.15) is 0 Å². The van der Waals surface area contributed by atoms with Crippen molar-refractivity contribution in [2.75, 3.05) is 22.2 Å². The third-order valence-corrected chi connectivity index (χ3v) is 4.91. The zero-order valence-electron chi connectivity index (χ0n) is 14.8. The Bertz CT molecular complexity index is 1010. The third kappa shape index (κ3) is 4.81. The van der Waals surface area contributed by atoms with Crippen molar-refractivity contribution in [2.24, 2.45) is 0 Å². The van der Waals surface area contributed by atoms with E-state index in [2.05, 4.69) is 20.8 Å². The number of benzene rings is 2. The first-order valence-electron chi connectivity index (χ1n) is 8.19. The van der Waals surface area contributed by atoms with Crippen LogP contribution in [0, 0.1) is 6.92 Å². The van der Waals surface area contributed by atoms with Crippen LogP contribution < -0.4 is 16.5 Å². The van der Waals surface area contributed by atoms with Crippen LogP contribution in [0.3, 0.4) is 0 Å². The maximum atomic E-state index is 12.6. The quantitative estimate of drug-likeness (QED) is 0.420. The van der Waals surface area contributed by atoms with Crippen LogP contribution in [0.2, 0.25) is 5.02 Å². The van der Waals surface area contributed by atoms with E-state index >= 15 is 0 Å². The van der Waals surface area contributed by atoms with E-state index in [-0.39, 0.29) is 17.6 Å². The second-order valence-electron chi connectivity index (χ2n) is 5.74. The average molecular weight is 417 g/mol. The summed E-state index contributed by atoms with van der Waals surface area (Å²) in [6.45, 7) is 1.71. The van der Waals surface area contributed by atoms with Gasteiger partial charge in [0.15, 0.2) is 0 Å². The summed E-state index contributed by atoms with van der Waals surface area (Å²) in [6, 6.07) is 13.5. The molecule has 1 aromatic heterocycles. The second-order valence-corrected chi connectivity index (χ2v) is 7.12. The Hall–Kier alpha value is -3.04. The number of nitrogens with zero attached hydrogens (tertiary/aromatic N) is 3. The molecule has 0 saturated heterocycles. The molecule has 0 bridgehead atoms. The highest BCUT2D eigenvalue weighted by Crippen LogP contribution is 2.20. The number of para-hydroxylation sites is 1. The number of halogens is 1. The largest absolute Gasteiger partial charge is 0.336 e. The lowest BCUT2D eigenvalue weighted by molar-refractivity contribution is -0.113. The van der Waals surface area contributed by atoms with Crippen LogP contribution >= 0.6 is 23.4 Å². The molecular weight excluding hydrogens is 400 g/mol. The number of hydrogen-bond donors (Lipinski definition) is 3. The number of rotatable bonds is 6. The van der Waals surface area contributed by atoms with E-state index in [1.54, 1.807) is 55.5 Å². The topological polar surface area (TPSA) is 115 Å². The molecule has 0 fully saturated rings. The predicted octanol–water partition coefficient (Wildman–Crippen LogP) is 2.94. The summed E-state index contributed by atoms with van der Waals surface area (Å²) < 4.78 is 1.31. The van der Waals surface area contributed by atoms with Crippen molar-refractivity contribution >= 4 is 46.6 Å². The van der Waals surface area contributed by atoms with Gasteiger partial charge in [0, 0.05) is 10.7 Å². The lowest BCUT2D eigenvalue weighted by Crippen LogP contribution is -2.20. The number of nitrogen functional groups attached to an aromatic ring is 1. The van der Waals surface area contributed by atoms with Gasteiger partial charge in [-0.3, -0.25) is 9.59 Å². The standard InChI is InChI=1S/C18H17ClN6O2S/c1-11-23-24-18(25(11)20)28-10-16(26)22-15-5-3-2-4-14(15)17(27)21-13-8-6-12(19)7-9-13/h2-9H,10,20H2,1H3,(H,21,27)(H,22,26). The smallest absolute Gasteiger partial charge is 0.257 e. The number of amides is 2. The lowest BCUT2D eigenvalue weighted by atomic mass is 10.1. The van der Waals surface area contributed by atoms with Gasteiger partial charge in [-0.1, -0.05) is 35.5 Å². The van der Waals surface area contributed by atoms with Crippen LogP contribution in [0.5, 0.6) is 0 Å². The molecule has 8 nitrogen and oxygen atoms in total. The van der Waals surface area contributed by atoms with Gasteiger partial charge in [0.05, 0.1) is 17.0 Å². The summed E-state index contributed by atoms with van der Waals surface area (Å²) in [7, 11) is 0. The van der Waals surface area contributed by atoms with Crippen molar-refractivity contribution in [2.45, 2.75) is 12.1 Å². The van der Waals surface area contributed by atoms with Crippen LogP contribution in [0.4, 0.5) is 11.4 Å². The number of aryl methyl sites for hydroxylation is 1. The SMILES string of the molecule is Cc1nnc(SCC(=O)Nc2ccccc2C(=O)Nc2ccc(Cl)cc2)n1N. The summed E-state index contributed by atoms with van der Waals surface area (Å²) in [6.07, 6.45) is 0. The van der Waals surface area contributed by atoms with Crippen molar-refractivity contribution in [1.29, 1.82) is 0 Å².